The van der Waals surface area contributed by atoms with E-state index in [1.807, 2.05) is 42.5 Å². The minimum atomic E-state index is -1.97. The predicted octanol–water partition coefficient (Wildman–Crippen LogP) is 3.11. The lowest BCUT2D eigenvalue weighted by Crippen LogP contribution is -2.59. The number of ketones is 1. The van der Waals surface area contributed by atoms with Crippen molar-refractivity contribution in [2.45, 2.75) is 30.9 Å². The van der Waals surface area contributed by atoms with E-state index in [1.165, 1.54) is 6.07 Å². The number of hydrogen-bond acceptors (Lipinski definition) is 7. The summed E-state index contributed by atoms with van der Waals surface area (Å²) in [5.41, 5.74) is 5.90. The van der Waals surface area contributed by atoms with Crippen molar-refractivity contribution >= 4 is 23.8 Å². The first-order valence-electron chi connectivity index (χ1n) is 12.2. The number of aromatic hydroxyl groups is 1. The number of amides is 1. The van der Waals surface area contributed by atoms with Crippen LogP contribution in [-0.2, 0) is 11.2 Å². The van der Waals surface area contributed by atoms with Crippen molar-refractivity contribution in [3.05, 3.63) is 87.4 Å². The molecule has 0 aromatic heterocycles. The van der Waals surface area contributed by atoms with Gasteiger partial charge in [-0.05, 0) is 55.6 Å². The van der Waals surface area contributed by atoms with Crippen LogP contribution in [0.15, 0.2) is 65.1 Å². The minimum Gasteiger partial charge on any atom is -0.510 e. The summed E-state index contributed by atoms with van der Waals surface area (Å²) in [6.07, 6.45) is 4.04. The van der Waals surface area contributed by atoms with E-state index in [0.717, 1.165) is 11.1 Å². The smallest absolute Gasteiger partial charge is 0.248 e. The lowest BCUT2D eigenvalue weighted by atomic mass is 9.59. The number of primary amides is 1. The zero-order valence-electron chi connectivity index (χ0n) is 20.7. The minimum absolute atomic E-state index is 0.0356. The molecule has 0 fully saturated rings. The number of nitrogens with two attached hydrogens (primary N) is 1. The van der Waals surface area contributed by atoms with Crippen LogP contribution in [0, 0.1) is 11.8 Å². The van der Waals surface area contributed by atoms with E-state index >= 15 is 0 Å². The number of phenolic OH excluding ortho intramolecular Hbond substituents is 1. The number of nitrogens with zero attached hydrogens (tertiary/aromatic N) is 1. The fourth-order valence-electron chi connectivity index (χ4n) is 6.26. The van der Waals surface area contributed by atoms with Crippen LogP contribution in [0.4, 0.5) is 0 Å². The molecule has 0 aliphatic heterocycles. The third kappa shape index (κ3) is 3.84. The Morgan fingerprint density at radius 3 is 2.43 bits per heavy atom. The van der Waals surface area contributed by atoms with Crippen molar-refractivity contribution < 1.29 is 30.0 Å². The van der Waals surface area contributed by atoms with Crippen molar-refractivity contribution in [1.29, 1.82) is 0 Å². The number of fused-ring (bicyclic) bond motifs is 3. The highest BCUT2D eigenvalue weighted by Crippen LogP contribution is 2.53. The number of Topliss-reactive ketones (excluding diaryl/α,β-unsaturated/α-hetero) is 1. The summed E-state index contributed by atoms with van der Waals surface area (Å²) in [6, 6.07) is 12.1. The summed E-state index contributed by atoms with van der Waals surface area (Å²) in [4.78, 5) is 27.5. The van der Waals surface area contributed by atoms with E-state index in [9.17, 15) is 30.0 Å². The van der Waals surface area contributed by atoms with Crippen molar-refractivity contribution in [3.8, 4) is 5.75 Å². The predicted molar refractivity (Wildman–Crippen MR) is 139 cm³/mol. The molecule has 0 bridgehead atoms. The molecule has 4 atom stereocenters. The van der Waals surface area contributed by atoms with Crippen LogP contribution < -0.4 is 5.73 Å². The Bertz CT molecular complexity index is 1390. The monoisotopic (exact) mass is 502 g/mol. The van der Waals surface area contributed by atoms with Gasteiger partial charge in [0.15, 0.2) is 5.78 Å². The molecule has 8 nitrogen and oxygen atoms in total. The summed E-state index contributed by atoms with van der Waals surface area (Å²) in [5, 5.41) is 44.7. The van der Waals surface area contributed by atoms with E-state index in [2.05, 4.69) is 0 Å². The Labute approximate surface area is 214 Å². The van der Waals surface area contributed by atoms with E-state index in [1.54, 1.807) is 25.1 Å². The number of allylic oxidation sites excluding steroid dienone is 1. The maximum Gasteiger partial charge on any atom is 0.248 e. The van der Waals surface area contributed by atoms with Crippen molar-refractivity contribution in [1.82, 2.24) is 4.90 Å². The van der Waals surface area contributed by atoms with Gasteiger partial charge in [0.05, 0.1) is 17.2 Å². The van der Waals surface area contributed by atoms with E-state index in [4.69, 9.17) is 5.73 Å². The van der Waals surface area contributed by atoms with Crippen LogP contribution in [-0.4, -0.2) is 62.8 Å². The third-order valence-electron chi connectivity index (χ3n) is 8.00. The highest BCUT2D eigenvalue weighted by atomic mass is 16.3. The zero-order valence-corrected chi connectivity index (χ0v) is 20.7. The van der Waals surface area contributed by atoms with Crippen LogP contribution in [0.1, 0.15) is 39.9 Å². The lowest BCUT2D eigenvalue weighted by molar-refractivity contribution is -0.118. The van der Waals surface area contributed by atoms with Crippen molar-refractivity contribution in [3.63, 3.8) is 0 Å². The molecular weight excluding hydrogens is 472 g/mol. The molecule has 0 heterocycles. The second-order valence-electron chi connectivity index (χ2n) is 10.3. The Hall–Kier alpha value is -3.88. The number of carbonyl (C=O) groups is 2. The van der Waals surface area contributed by atoms with Crippen molar-refractivity contribution in [2.75, 3.05) is 14.1 Å². The number of aliphatic hydroxyl groups excluding tert-OH is 2. The average Bonchev–Trinajstić information content (AvgIpc) is 2.85. The van der Waals surface area contributed by atoms with Crippen LogP contribution in [0.3, 0.4) is 0 Å². The first kappa shape index (κ1) is 24.8. The summed E-state index contributed by atoms with van der Waals surface area (Å²) >= 11 is 0. The molecule has 192 valence electrons. The topological polar surface area (TPSA) is 144 Å². The summed E-state index contributed by atoms with van der Waals surface area (Å²) in [5.74, 6) is -3.55. The highest BCUT2D eigenvalue weighted by Gasteiger charge is 2.58. The third-order valence-corrected chi connectivity index (χ3v) is 8.00. The standard InChI is InChI=1S/C29H30N2O6/c1-31(2)24-20-13-17-12-18-16(9-8-15-6-4-3-5-7-15)10-11-21(32)23(18)26(34)22(17)27(35)29(20,37)14-19(25(24)33)28(30)36/h3-11,17,20,24,32-33,35,37H,12-14H2,1-2H3,(H2,30,36)/b9-8+. The fraction of sp³-hybridized carbons (Fsp3) is 0.310. The zero-order chi connectivity index (χ0) is 26.6. The van der Waals surface area contributed by atoms with E-state index in [-0.39, 0.29) is 34.6 Å². The molecule has 37 heavy (non-hydrogen) atoms. The maximum atomic E-state index is 13.7. The van der Waals surface area contributed by atoms with Gasteiger partial charge >= 0.3 is 0 Å². The molecule has 0 radical (unpaired) electrons. The van der Waals surface area contributed by atoms with Gasteiger partial charge in [-0.2, -0.15) is 0 Å². The van der Waals surface area contributed by atoms with Gasteiger partial charge in [-0.25, -0.2) is 0 Å². The van der Waals surface area contributed by atoms with E-state index in [0.29, 0.717) is 12.0 Å². The SMILES string of the molecule is CN(C)C1C(O)=C(C(N)=O)CC2(O)C(O)=C3C(=O)c4c(O)ccc(/C=C/c5ccccc5)c4CC3CC12. The number of carbonyl (C=O) groups excluding carboxylic acids is 2. The molecule has 4 unspecified atom stereocenters. The molecule has 0 saturated heterocycles. The molecule has 3 aliphatic carbocycles. The number of phenols is 1. The van der Waals surface area contributed by atoms with Crippen molar-refractivity contribution in [2.24, 2.45) is 17.6 Å². The summed E-state index contributed by atoms with van der Waals surface area (Å²) in [7, 11) is 3.40. The largest absolute Gasteiger partial charge is 0.510 e. The second kappa shape index (κ2) is 8.90. The maximum absolute atomic E-state index is 13.7. The van der Waals surface area contributed by atoms with Gasteiger partial charge in [0.1, 0.15) is 22.9 Å². The second-order valence-corrected chi connectivity index (χ2v) is 10.3. The number of rotatable bonds is 4. The molecule has 3 aliphatic rings. The number of likely N-dealkylation sites (N-methyl/N-ethyl adjacent to an activating group) is 1. The quantitative estimate of drug-likeness (QED) is 0.404. The lowest BCUT2D eigenvalue weighted by Gasteiger charge is -2.51. The van der Waals surface area contributed by atoms with Gasteiger partial charge < -0.3 is 26.2 Å². The van der Waals surface area contributed by atoms with Crippen LogP contribution >= 0.6 is 0 Å². The Morgan fingerprint density at radius 2 is 1.78 bits per heavy atom. The first-order valence-corrected chi connectivity index (χ1v) is 12.2. The molecular formula is C29H30N2O6. The van der Waals surface area contributed by atoms with Gasteiger partial charge in [0.2, 0.25) is 5.91 Å². The van der Waals surface area contributed by atoms with Gasteiger partial charge in [-0.3, -0.25) is 14.5 Å². The average molecular weight is 503 g/mol. The van der Waals surface area contributed by atoms with Crippen LogP contribution in [0.5, 0.6) is 5.75 Å². The van der Waals surface area contributed by atoms with Crippen LogP contribution in [0.25, 0.3) is 12.2 Å². The first-order chi connectivity index (χ1) is 17.5. The van der Waals surface area contributed by atoms with Crippen LogP contribution in [0.2, 0.25) is 0 Å². The number of hydrogen-bond donors (Lipinski definition) is 5. The van der Waals surface area contributed by atoms with Gasteiger partial charge in [0, 0.05) is 17.9 Å². The van der Waals surface area contributed by atoms with Gasteiger partial charge in [-0.15, -0.1) is 0 Å². The highest BCUT2D eigenvalue weighted by molar-refractivity contribution is 6.14. The van der Waals surface area contributed by atoms with Gasteiger partial charge in [-0.1, -0.05) is 48.6 Å². The molecule has 6 N–H and O–H groups in total. The Morgan fingerprint density at radius 1 is 1.08 bits per heavy atom. The molecule has 1 amide bonds. The fourth-order valence-corrected chi connectivity index (χ4v) is 6.26. The Kier molecular flexibility index (Phi) is 5.96. The molecule has 2 aromatic rings. The molecule has 5 rings (SSSR count). The normalized spacial score (nSPS) is 27.4. The summed E-state index contributed by atoms with van der Waals surface area (Å²) < 4.78 is 0. The Balaban J connectivity index is 1.63. The molecule has 0 saturated carbocycles. The summed E-state index contributed by atoms with van der Waals surface area (Å²) in [6.45, 7) is 0. The molecule has 8 heteroatoms. The number of benzene rings is 2. The number of aliphatic hydroxyl groups is 3. The van der Waals surface area contributed by atoms with Gasteiger partial charge in [0.25, 0.3) is 0 Å². The molecule has 0 spiro atoms. The van der Waals surface area contributed by atoms with E-state index < -0.39 is 47.3 Å². The molecule has 2 aromatic carbocycles.